The van der Waals surface area contributed by atoms with Crippen LogP contribution in [-0.4, -0.2) is 17.6 Å². The van der Waals surface area contributed by atoms with Crippen molar-refractivity contribution < 1.29 is 14.6 Å². The van der Waals surface area contributed by atoms with E-state index in [9.17, 15) is 4.79 Å². The summed E-state index contributed by atoms with van der Waals surface area (Å²) in [5.41, 5.74) is 3.28. The second-order valence-electron chi connectivity index (χ2n) is 6.04. The number of nitrogens with one attached hydrogen (secondary N) is 1. The van der Waals surface area contributed by atoms with E-state index in [0.29, 0.717) is 13.2 Å². The van der Waals surface area contributed by atoms with Crippen molar-refractivity contribution in [2.45, 2.75) is 20.1 Å². The normalized spacial score (nSPS) is 10.8. The average Bonchev–Trinajstić information content (AvgIpc) is 2.60. The van der Waals surface area contributed by atoms with Gasteiger partial charge >= 0.3 is 5.97 Å². The average molecular weight is 335 g/mol. The number of carbonyl (C=O) groups is 1. The minimum Gasteiger partial charge on any atom is -0.489 e. The monoisotopic (exact) mass is 335 g/mol. The van der Waals surface area contributed by atoms with E-state index in [1.807, 2.05) is 48.5 Å². The van der Waals surface area contributed by atoms with Gasteiger partial charge in [0.25, 0.3) is 0 Å². The number of benzene rings is 3. The van der Waals surface area contributed by atoms with E-state index >= 15 is 0 Å². The Morgan fingerprint density at radius 1 is 1.08 bits per heavy atom. The van der Waals surface area contributed by atoms with Gasteiger partial charge in [0.05, 0.1) is 6.54 Å². The molecule has 4 heteroatoms. The molecule has 0 radical (unpaired) electrons. The maximum Gasteiger partial charge on any atom is 0.317 e. The van der Waals surface area contributed by atoms with Crippen LogP contribution >= 0.6 is 0 Å². The predicted octanol–water partition coefficient (Wildman–Crippen LogP) is 3.90. The number of ether oxygens (including phenoxy) is 1. The Hall–Kier alpha value is -2.85. The van der Waals surface area contributed by atoms with Crippen LogP contribution in [0.2, 0.25) is 0 Å². The van der Waals surface area contributed by atoms with E-state index < -0.39 is 5.97 Å². The van der Waals surface area contributed by atoms with E-state index in [4.69, 9.17) is 9.84 Å². The first kappa shape index (κ1) is 17.0. The topological polar surface area (TPSA) is 58.6 Å². The van der Waals surface area contributed by atoms with Crippen molar-refractivity contribution in [3.05, 3.63) is 77.4 Å². The van der Waals surface area contributed by atoms with Crippen LogP contribution in [0.3, 0.4) is 0 Å². The van der Waals surface area contributed by atoms with Gasteiger partial charge in [-0.1, -0.05) is 60.2 Å². The molecule has 0 unspecified atom stereocenters. The molecule has 0 bridgehead atoms. The van der Waals surface area contributed by atoms with Crippen molar-refractivity contribution in [1.82, 2.24) is 5.32 Å². The van der Waals surface area contributed by atoms with Crippen molar-refractivity contribution in [2.75, 3.05) is 6.54 Å². The molecule has 3 aromatic carbocycles. The number of carboxylic acid groups (broad SMARTS) is 1. The predicted molar refractivity (Wildman–Crippen MR) is 98.8 cm³/mol. The molecule has 4 nitrogen and oxygen atoms in total. The summed E-state index contributed by atoms with van der Waals surface area (Å²) in [7, 11) is 0. The Bertz CT molecular complexity index is 889. The lowest BCUT2D eigenvalue weighted by atomic mass is 10.0. The van der Waals surface area contributed by atoms with Gasteiger partial charge in [-0.15, -0.1) is 0 Å². The molecule has 25 heavy (non-hydrogen) atoms. The van der Waals surface area contributed by atoms with Crippen LogP contribution in [0.5, 0.6) is 5.75 Å². The van der Waals surface area contributed by atoms with Crippen LogP contribution in [0.15, 0.2) is 60.7 Å². The summed E-state index contributed by atoms with van der Waals surface area (Å²) in [4.78, 5) is 10.8. The molecular weight excluding hydrogens is 314 g/mol. The number of hydrogen-bond donors (Lipinski definition) is 2. The smallest absolute Gasteiger partial charge is 0.317 e. The molecule has 0 aliphatic heterocycles. The molecule has 3 rings (SSSR count). The third kappa shape index (κ3) is 4.37. The first-order valence-electron chi connectivity index (χ1n) is 8.25. The van der Waals surface area contributed by atoms with Gasteiger partial charge in [0.15, 0.2) is 0 Å². The Morgan fingerprint density at radius 3 is 2.72 bits per heavy atom. The van der Waals surface area contributed by atoms with E-state index in [0.717, 1.165) is 27.6 Å². The Morgan fingerprint density at radius 2 is 1.92 bits per heavy atom. The Kier molecular flexibility index (Phi) is 5.31. The molecule has 128 valence electrons. The standard InChI is InChI=1S/C21H21NO3/c1-15-5-4-6-16(11-15)14-25-20-10-9-17-7-2-3-8-18(17)19(20)12-22-13-21(23)24/h2-11,22H,12-14H2,1H3,(H,23,24). The molecule has 3 aromatic rings. The van der Waals surface area contributed by atoms with Gasteiger partial charge in [-0.3, -0.25) is 4.79 Å². The lowest BCUT2D eigenvalue weighted by Crippen LogP contribution is -2.22. The van der Waals surface area contributed by atoms with E-state index in [2.05, 4.69) is 24.4 Å². The Labute approximate surface area is 147 Å². The van der Waals surface area contributed by atoms with E-state index in [1.54, 1.807) is 0 Å². The maximum atomic E-state index is 10.8. The molecule has 0 aliphatic carbocycles. The van der Waals surface area contributed by atoms with E-state index in [-0.39, 0.29) is 6.54 Å². The minimum atomic E-state index is -0.873. The van der Waals surface area contributed by atoms with Crippen LogP contribution in [-0.2, 0) is 17.9 Å². The van der Waals surface area contributed by atoms with Crippen LogP contribution in [0.1, 0.15) is 16.7 Å². The van der Waals surface area contributed by atoms with Crippen molar-refractivity contribution in [3.63, 3.8) is 0 Å². The number of fused-ring (bicyclic) bond motifs is 1. The highest BCUT2D eigenvalue weighted by Gasteiger charge is 2.10. The van der Waals surface area contributed by atoms with Gasteiger partial charge in [0.2, 0.25) is 0 Å². The molecule has 2 N–H and O–H groups in total. The molecule has 0 saturated carbocycles. The zero-order valence-corrected chi connectivity index (χ0v) is 14.2. The molecule has 0 atom stereocenters. The summed E-state index contributed by atoms with van der Waals surface area (Å²) >= 11 is 0. The zero-order chi connectivity index (χ0) is 17.6. The quantitative estimate of drug-likeness (QED) is 0.687. The van der Waals surface area contributed by atoms with Gasteiger partial charge in [0.1, 0.15) is 12.4 Å². The second kappa shape index (κ2) is 7.81. The Balaban J connectivity index is 1.86. The molecular formula is C21H21NO3. The first-order chi connectivity index (χ1) is 12.1. The molecule has 0 amide bonds. The van der Waals surface area contributed by atoms with Gasteiger partial charge < -0.3 is 15.2 Å². The maximum absolute atomic E-state index is 10.8. The van der Waals surface area contributed by atoms with Gasteiger partial charge in [-0.05, 0) is 29.3 Å². The summed E-state index contributed by atoms with van der Waals surface area (Å²) in [6.45, 7) is 2.89. The first-order valence-corrected chi connectivity index (χ1v) is 8.25. The second-order valence-corrected chi connectivity index (χ2v) is 6.04. The summed E-state index contributed by atoms with van der Waals surface area (Å²) in [6.07, 6.45) is 0. The van der Waals surface area contributed by atoms with Crippen molar-refractivity contribution in [1.29, 1.82) is 0 Å². The van der Waals surface area contributed by atoms with Crippen molar-refractivity contribution in [2.24, 2.45) is 0 Å². The van der Waals surface area contributed by atoms with Crippen molar-refractivity contribution in [3.8, 4) is 5.75 Å². The zero-order valence-electron chi connectivity index (χ0n) is 14.2. The number of carboxylic acids is 1. The number of hydrogen-bond acceptors (Lipinski definition) is 3. The molecule has 0 aromatic heterocycles. The highest BCUT2D eigenvalue weighted by molar-refractivity contribution is 5.87. The lowest BCUT2D eigenvalue weighted by Gasteiger charge is -2.15. The van der Waals surface area contributed by atoms with Gasteiger partial charge in [-0.2, -0.15) is 0 Å². The summed E-state index contributed by atoms with van der Waals surface area (Å²) in [5, 5.41) is 14.0. The highest BCUT2D eigenvalue weighted by Crippen LogP contribution is 2.28. The SMILES string of the molecule is Cc1cccc(COc2ccc3ccccc3c2CNCC(=O)O)c1. The van der Waals surface area contributed by atoms with Crippen molar-refractivity contribution >= 4 is 16.7 Å². The fraction of sp³-hybridized carbons (Fsp3) is 0.190. The van der Waals surface area contributed by atoms with Crippen LogP contribution < -0.4 is 10.1 Å². The number of rotatable bonds is 7. The van der Waals surface area contributed by atoms with Gasteiger partial charge in [-0.25, -0.2) is 0 Å². The largest absolute Gasteiger partial charge is 0.489 e. The fourth-order valence-corrected chi connectivity index (χ4v) is 2.89. The van der Waals surface area contributed by atoms with Gasteiger partial charge in [0, 0.05) is 12.1 Å². The molecule has 0 heterocycles. The number of aliphatic carboxylic acids is 1. The lowest BCUT2D eigenvalue weighted by molar-refractivity contribution is -0.136. The van der Waals surface area contributed by atoms with Crippen LogP contribution in [0.4, 0.5) is 0 Å². The minimum absolute atomic E-state index is 0.0828. The highest BCUT2D eigenvalue weighted by atomic mass is 16.5. The third-order valence-corrected chi connectivity index (χ3v) is 4.05. The third-order valence-electron chi connectivity index (χ3n) is 4.05. The molecule has 0 fully saturated rings. The fourth-order valence-electron chi connectivity index (χ4n) is 2.89. The van der Waals surface area contributed by atoms with Crippen LogP contribution in [0.25, 0.3) is 10.8 Å². The summed E-state index contributed by atoms with van der Waals surface area (Å²) in [6, 6.07) is 20.2. The van der Waals surface area contributed by atoms with Crippen LogP contribution in [0, 0.1) is 6.92 Å². The molecule has 0 spiro atoms. The molecule has 0 saturated heterocycles. The summed E-state index contributed by atoms with van der Waals surface area (Å²) < 4.78 is 6.06. The van der Waals surface area contributed by atoms with E-state index in [1.165, 1.54) is 5.56 Å². The summed E-state index contributed by atoms with van der Waals surface area (Å²) in [5.74, 6) is -0.0967. The number of aryl methyl sites for hydroxylation is 1. The molecule has 0 aliphatic rings.